The van der Waals surface area contributed by atoms with Crippen molar-refractivity contribution in [3.8, 4) is 17.2 Å². The molecule has 0 aliphatic carbocycles. The molecule has 3 rings (SSSR count). The molecule has 0 unspecified atom stereocenters. The quantitative estimate of drug-likeness (QED) is 0.596. The first-order valence-corrected chi connectivity index (χ1v) is 9.25. The first kappa shape index (κ1) is 18.3. The molecule has 0 atom stereocenters. The zero-order valence-electron chi connectivity index (χ0n) is 13.9. The average molecular weight is 385 g/mol. The molecule has 0 saturated carbocycles. The van der Waals surface area contributed by atoms with Crippen LogP contribution in [0.15, 0.2) is 77.7 Å². The highest BCUT2D eigenvalue weighted by Crippen LogP contribution is 2.26. The van der Waals surface area contributed by atoms with Gasteiger partial charge in [0.15, 0.2) is 0 Å². The number of carbonyl (C=O) groups is 1. The standard InChI is InChI=1S/C19H15NO6S/c21-18-12-13(6-11-17(18)19(22)23)20-27(24,25)16-9-7-15(8-10-16)26-14-4-2-1-3-5-14/h1-12,20-21H,(H,22,23). The Bertz CT molecular complexity index is 1060. The van der Waals surface area contributed by atoms with Gasteiger partial charge in [-0.05, 0) is 48.5 Å². The van der Waals surface area contributed by atoms with Crippen LogP contribution in [0.1, 0.15) is 10.4 Å². The molecule has 0 aliphatic rings. The summed E-state index contributed by atoms with van der Waals surface area (Å²) >= 11 is 0. The Balaban J connectivity index is 1.77. The number of nitrogens with one attached hydrogen (secondary N) is 1. The van der Waals surface area contributed by atoms with Crippen LogP contribution >= 0.6 is 0 Å². The smallest absolute Gasteiger partial charge is 0.339 e. The summed E-state index contributed by atoms with van der Waals surface area (Å²) in [6.45, 7) is 0. The van der Waals surface area contributed by atoms with Crippen LogP contribution in [-0.2, 0) is 10.0 Å². The van der Waals surface area contributed by atoms with E-state index in [1.165, 1.54) is 30.3 Å². The van der Waals surface area contributed by atoms with E-state index < -0.39 is 21.7 Å². The first-order valence-electron chi connectivity index (χ1n) is 7.77. The third kappa shape index (κ3) is 4.36. The van der Waals surface area contributed by atoms with Crippen LogP contribution in [0, 0.1) is 0 Å². The molecule has 3 aromatic carbocycles. The molecule has 0 saturated heterocycles. The molecule has 0 radical (unpaired) electrons. The largest absolute Gasteiger partial charge is 0.507 e. The molecule has 138 valence electrons. The van der Waals surface area contributed by atoms with Gasteiger partial charge in [0.25, 0.3) is 10.0 Å². The molecule has 0 bridgehead atoms. The van der Waals surface area contributed by atoms with Crippen LogP contribution in [0.4, 0.5) is 5.69 Å². The van der Waals surface area contributed by atoms with Crippen molar-refractivity contribution >= 4 is 21.7 Å². The summed E-state index contributed by atoms with van der Waals surface area (Å²) in [4.78, 5) is 10.9. The molecule has 3 aromatic rings. The highest BCUT2D eigenvalue weighted by atomic mass is 32.2. The fourth-order valence-corrected chi connectivity index (χ4v) is 3.35. The Morgan fingerprint density at radius 2 is 1.52 bits per heavy atom. The molecule has 3 N–H and O–H groups in total. The number of carboxylic acids is 1. The van der Waals surface area contributed by atoms with E-state index in [0.717, 1.165) is 12.1 Å². The lowest BCUT2D eigenvalue weighted by Crippen LogP contribution is -2.13. The van der Waals surface area contributed by atoms with Crippen molar-refractivity contribution in [3.05, 3.63) is 78.4 Å². The average Bonchev–Trinajstić information content (AvgIpc) is 2.62. The maximum absolute atomic E-state index is 12.5. The topological polar surface area (TPSA) is 113 Å². The Hall–Kier alpha value is -3.52. The number of aromatic carboxylic acids is 1. The lowest BCUT2D eigenvalue weighted by Gasteiger charge is -2.10. The van der Waals surface area contributed by atoms with E-state index >= 15 is 0 Å². The van der Waals surface area contributed by atoms with Crippen molar-refractivity contribution in [2.45, 2.75) is 4.90 Å². The molecule has 0 heterocycles. The monoisotopic (exact) mass is 385 g/mol. The maximum atomic E-state index is 12.5. The van der Waals surface area contributed by atoms with Gasteiger partial charge in [-0.25, -0.2) is 13.2 Å². The van der Waals surface area contributed by atoms with Crippen molar-refractivity contribution in [2.24, 2.45) is 0 Å². The van der Waals surface area contributed by atoms with Crippen molar-refractivity contribution in [2.75, 3.05) is 4.72 Å². The van der Waals surface area contributed by atoms with Gasteiger partial charge in [-0.15, -0.1) is 0 Å². The van der Waals surface area contributed by atoms with Gasteiger partial charge in [-0.1, -0.05) is 18.2 Å². The summed E-state index contributed by atoms with van der Waals surface area (Å²) in [5, 5.41) is 18.6. The zero-order chi connectivity index (χ0) is 19.4. The van der Waals surface area contributed by atoms with Crippen LogP contribution in [0.25, 0.3) is 0 Å². The van der Waals surface area contributed by atoms with E-state index in [1.807, 2.05) is 18.2 Å². The van der Waals surface area contributed by atoms with Gasteiger partial charge in [-0.2, -0.15) is 0 Å². The minimum absolute atomic E-state index is 0.00953. The van der Waals surface area contributed by atoms with Gasteiger partial charge in [0, 0.05) is 6.07 Å². The highest BCUT2D eigenvalue weighted by molar-refractivity contribution is 7.92. The van der Waals surface area contributed by atoms with Crippen LogP contribution in [0.5, 0.6) is 17.2 Å². The van der Waals surface area contributed by atoms with Gasteiger partial charge in [0.05, 0.1) is 10.6 Å². The lowest BCUT2D eigenvalue weighted by atomic mass is 10.2. The summed E-state index contributed by atoms with van der Waals surface area (Å²) in [7, 11) is -3.92. The summed E-state index contributed by atoms with van der Waals surface area (Å²) in [6.07, 6.45) is 0. The second kappa shape index (κ2) is 7.38. The number of hydrogen-bond acceptors (Lipinski definition) is 5. The molecular formula is C19H15NO6S. The van der Waals surface area contributed by atoms with E-state index in [1.54, 1.807) is 12.1 Å². The van der Waals surface area contributed by atoms with Crippen LogP contribution < -0.4 is 9.46 Å². The van der Waals surface area contributed by atoms with Crippen LogP contribution in [0.2, 0.25) is 0 Å². The van der Waals surface area contributed by atoms with Crippen molar-refractivity contribution in [1.82, 2.24) is 0 Å². The second-order valence-electron chi connectivity index (χ2n) is 5.53. The van der Waals surface area contributed by atoms with Crippen LogP contribution in [0.3, 0.4) is 0 Å². The third-order valence-electron chi connectivity index (χ3n) is 3.59. The minimum atomic E-state index is -3.92. The summed E-state index contributed by atoms with van der Waals surface area (Å²) in [5.41, 5.74) is -0.275. The molecule has 0 amide bonds. The second-order valence-corrected chi connectivity index (χ2v) is 7.21. The fraction of sp³-hybridized carbons (Fsp3) is 0. The molecule has 8 heteroatoms. The summed E-state index contributed by atoms with van der Waals surface area (Å²) < 4.78 is 32.8. The van der Waals surface area contributed by atoms with E-state index in [0.29, 0.717) is 11.5 Å². The molecule has 0 aliphatic heterocycles. The predicted molar refractivity (Wildman–Crippen MR) is 98.8 cm³/mol. The van der Waals surface area contributed by atoms with E-state index in [2.05, 4.69) is 4.72 Å². The minimum Gasteiger partial charge on any atom is -0.507 e. The van der Waals surface area contributed by atoms with E-state index in [9.17, 15) is 18.3 Å². The molecule has 0 aromatic heterocycles. The number of benzene rings is 3. The first-order chi connectivity index (χ1) is 12.8. The van der Waals surface area contributed by atoms with E-state index in [4.69, 9.17) is 9.84 Å². The molecular weight excluding hydrogens is 370 g/mol. The number of aromatic hydroxyl groups is 1. The van der Waals surface area contributed by atoms with Crippen molar-refractivity contribution in [1.29, 1.82) is 0 Å². The number of carboxylic acid groups (broad SMARTS) is 1. The van der Waals surface area contributed by atoms with Crippen molar-refractivity contribution < 1.29 is 28.2 Å². The highest BCUT2D eigenvalue weighted by Gasteiger charge is 2.16. The number of rotatable bonds is 6. The number of anilines is 1. The molecule has 0 fully saturated rings. The van der Waals surface area contributed by atoms with E-state index in [-0.39, 0.29) is 16.1 Å². The van der Waals surface area contributed by atoms with Crippen LogP contribution in [-0.4, -0.2) is 24.6 Å². The number of hydrogen-bond donors (Lipinski definition) is 3. The third-order valence-corrected chi connectivity index (χ3v) is 4.99. The zero-order valence-corrected chi connectivity index (χ0v) is 14.7. The normalized spacial score (nSPS) is 11.0. The summed E-state index contributed by atoms with van der Waals surface area (Å²) in [5.74, 6) is -0.742. The Kier molecular flexibility index (Phi) is 5.00. The maximum Gasteiger partial charge on any atom is 0.339 e. The number of phenols is 1. The Morgan fingerprint density at radius 1 is 0.889 bits per heavy atom. The number of ether oxygens (including phenoxy) is 1. The fourth-order valence-electron chi connectivity index (χ4n) is 2.30. The molecule has 7 nitrogen and oxygen atoms in total. The summed E-state index contributed by atoms with van der Waals surface area (Å²) in [6, 6.07) is 18.3. The molecule has 0 spiro atoms. The van der Waals surface area contributed by atoms with Gasteiger partial charge >= 0.3 is 5.97 Å². The predicted octanol–water partition coefficient (Wildman–Crippen LogP) is 3.68. The number of sulfonamides is 1. The molecule has 27 heavy (non-hydrogen) atoms. The number of para-hydroxylation sites is 1. The Labute approximate surface area is 155 Å². The van der Waals surface area contributed by atoms with Gasteiger partial charge in [0.2, 0.25) is 0 Å². The SMILES string of the molecule is O=C(O)c1ccc(NS(=O)(=O)c2ccc(Oc3ccccc3)cc2)cc1O. The van der Waals surface area contributed by atoms with Gasteiger partial charge in [0.1, 0.15) is 22.8 Å². The Morgan fingerprint density at radius 3 is 2.11 bits per heavy atom. The van der Waals surface area contributed by atoms with Gasteiger partial charge in [-0.3, -0.25) is 4.72 Å². The van der Waals surface area contributed by atoms with Gasteiger partial charge < -0.3 is 14.9 Å². The lowest BCUT2D eigenvalue weighted by molar-refractivity contribution is 0.0694. The van der Waals surface area contributed by atoms with Crippen molar-refractivity contribution in [3.63, 3.8) is 0 Å².